The minimum Gasteiger partial charge on any atom is -0.331 e. The third kappa shape index (κ3) is 5.32. The minimum absolute atomic E-state index is 0.0535. The number of nitro benzene ring substituents is 1. The molecule has 0 amide bonds. The maximum Gasteiger partial charge on any atom is 0.283 e. The predicted molar refractivity (Wildman–Crippen MR) is 121 cm³/mol. The smallest absolute Gasteiger partial charge is 0.283 e. The summed E-state index contributed by atoms with van der Waals surface area (Å²) in [5.41, 5.74) is 4.79. The van der Waals surface area contributed by atoms with Crippen LogP contribution >= 0.6 is 35.6 Å². The molecule has 0 radical (unpaired) electrons. The molecule has 2 aromatic carbocycles. The number of aromatic nitrogens is 3. The maximum absolute atomic E-state index is 11.5. The fraction of sp³-hybridized carbons (Fsp3) is 0.111. The summed E-state index contributed by atoms with van der Waals surface area (Å²) in [6.07, 6.45) is 2.98. The molecule has 12 heteroatoms. The highest BCUT2D eigenvalue weighted by atomic mass is 35.5. The van der Waals surface area contributed by atoms with Crippen molar-refractivity contribution in [2.75, 3.05) is 5.32 Å². The Morgan fingerprint density at radius 1 is 1.40 bits per heavy atom. The lowest BCUT2D eigenvalue weighted by molar-refractivity contribution is -0.387. The Bertz CT molecular complexity index is 1130. The van der Waals surface area contributed by atoms with Crippen molar-refractivity contribution in [3.8, 4) is 0 Å². The van der Waals surface area contributed by atoms with Crippen LogP contribution in [0.1, 0.15) is 11.1 Å². The first-order chi connectivity index (χ1) is 14.3. The summed E-state index contributed by atoms with van der Waals surface area (Å²) in [6.45, 7) is 1.87. The van der Waals surface area contributed by atoms with Crippen LogP contribution in [0, 0.1) is 17.0 Å². The molecule has 1 aromatic heterocycles. The zero-order valence-corrected chi connectivity index (χ0v) is 18.3. The number of benzene rings is 2. The van der Waals surface area contributed by atoms with Gasteiger partial charge in [0, 0.05) is 29.4 Å². The van der Waals surface area contributed by atoms with E-state index >= 15 is 0 Å². The van der Waals surface area contributed by atoms with Crippen LogP contribution in [0.25, 0.3) is 0 Å². The lowest BCUT2D eigenvalue weighted by Crippen LogP contribution is -2.24. The Hall–Kier alpha value is -3.02. The second-order valence-corrected chi connectivity index (χ2v) is 7.87. The van der Waals surface area contributed by atoms with E-state index in [1.807, 2.05) is 19.1 Å². The molecule has 0 spiro atoms. The lowest BCUT2D eigenvalue weighted by Gasteiger charge is -2.10. The lowest BCUT2D eigenvalue weighted by atomic mass is 10.2. The number of nitrogens with one attached hydrogen (secondary N) is 2. The average molecular weight is 462 g/mol. The van der Waals surface area contributed by atoms with Crippen molar-refractivity contribution >= 4 is 58.3 Å². The summed E-state index contributed by atoms with van der Waals surface area (Å²) in [7, 11) is 1.77. The normalized spacial score (nSPS) is 10.9. The number of hydrogen-bond donors (Lipinski definition) is 2. The van der Waals surface area contributed by atoms with Crippen LogP contribution in [0.4, 0.5) is 11.4 Å². The number of thiocarbonyl (C=S) groups is 1. The number of hydrazone groups is 1. The van der Waals surface area contributed by atoms with E-state index in [1.165, 1.54) is 18.6 Å². The van der Waals surface area contributed by atoms with Gasteiger partial charge in [0.15, 0.2) is 10.3 Å². The van der Waals surface area contributed by atoms with Crippen LogP contribution in [0.15, 0.2) is 57.9 Å². The van der Waals surface area contributed by atoms with E-state index in [2.05, 4.69) is 26.0 Å². The molecule has 30 heavy (non-hydrogen) atoms. The van der Waals surface area contributed by atoms with Crippen LogP contribution in [-0.2, 0) is 7.05 Å². The zero-order valence-electron chi connectivity index (χ0n) is 15.9. The molecule has 154 valence electrons. The van der Waals surface area contributed by atoms with Crippen molar-refractivity contribution in [2.24, 2.45) is 12.1 Å². The molecule has 9 nitrogen and oxygen atoms in total. The molecule has 0 saturated carbocycles. The first-order valence-electron chi connectivity index (χ1n) is 8.50. The van der Waals surface area contributed by atoms with Crippen molar-refractivity contribution in [3.63, 3.8) is 0 Å². The van der Waals surface area contributed by atoms with E-state index in [4.69, 9.17) is 23.8 Å². The average Bonchev–Trinajstić information content (AvgIpc) is 3.11. The van der Waals surface area contributed by atoms with Gasteiger partial charge in [0.05, 0.1) is 16.0 Å². The summed E-state index contributed by atoms with van der Waals surface area (Å²) in [5.74, 6) is 0. The molecular weight excluding hydrogens is 446 g/mol. The Labute approximate surface area is 186 Å². The molecule has 0 aliphatic rings. The van der Waals surface area contributed by atoms with Crippen molar-refractivity contribution in [1.29, 1.82) is 0 Å². The van der Waals surface area contributed by atoms with Gasteiger partial charge >= 0.3 is 0 Å². The van der Waals surface area contributed by atoms with Crippen LogP contribution < -0.4 is 10.7 Å². The van der Waals surface area contributed by atoms with Gasteiger partial charge in [-0.2, -0.15) is 5.10 Å². The van der Waals surface area contributed by atoms with Gasteiger partial charge in [-0.25, -0.2) is 0 Å². The molecular formula is C18H16ClN7O2S2. The molecule has 0 aliphatic carbocycles. The Kier molecular flexibility index (Phi) is 6.98. The van der Waals surface area contributed by atoms with Gasteiger partial charge in [-0.05, 0) is 54.7 Å². The molecule has 1 heterocycles. The number of anilines is 1. The highest BCUT2D eigenvalue weighted by molar-refractivity contribution is 7.99. The van der Waals surface area contributed by atoms with Crippen molar-refractivity contribution in [1.82, 2.24) is 20.2 Å². The molecule has 0 saturated heterocycles. The van der Waals surface area contributed by atoms with E-state index < -0.39 is 4.92 Å². The topological polar surface area (TPSA) is 110 Å². The van der Waals surface area contributed by atoms with E-state index in [9.17, 15) is 10.1 Å². The molecule has 0 bridgehead atoms. The predicted octanol–water partition coefficient (Wildman–Crippen LogP) is 4.16. The quantitative estimate of drug-likeness (QED) is 0.244. The number of nitrogens with zero attached hydrogens (tertiary/aromatic N) is 5. The minimum atomic E-state index is -0.447. The van der Waals surface area contributed by atoms with Crippen molar-refractivity contribution in [2.45, 2.75) is 17.0 Å². The maximum atomic E-state index is 11.5. The summed E-state index contributed by atoms with van der Waals surface area (Å²) >= 11 is 12.5. The van der Waals surface area contributed by atoms with Crippen LogP contribution in [0.5, 0.6) is 0 Å². The van der Waals surface area contributed by atoms with Gasteiger partial charge in [0.1, 0.15) is 6.33 Å². The molecule has 2 N–H and O–H groups in total. The number of halogens is 1. The van der Waals surface area contributed by atoms with Gasteiger partial charge in [-0.15, -0.1) is 10.2 Å². The summed E-state index contributed by atoms with van der Waals surface area (Å²) < 4.78 is 1.68. The van der Waals surface area contributed by atoms with Crippen molar-refractivity contribution < 1.29 is 4.92 Å². The molecule has 0 aliphatic heterocycles. The Morgan fingerprint density at radius 3 is 2.90 bits per heavy atom. The van der Waals surface area contributed by atoms with Crippen molar-refractivity contribution in [3.05, 3.63) is 69.0 Å². The Morgan fingerprint density at radius 2 is 2.20 bits per heavy atom. The van der Waals surface area contributed by atoms with Gasteiger partial charge in [0.2, 0.25) is 0 Å². The fourth-order valence-electron chi connectivity index (χ4n) is 2.37. The zero-order chi connectivity index (χ0) is 21.7. The van der Waals surface area contributed by atoms with Crippen LogP contribution in [0.2, 0.25) is 5.02 Å². The van der Waals surface area contributed by atoms with Crippen LogP contribution in [-0.4, -0.2) is 31.0 Å². The summed E-state index contributed by atoms with van der Waals surface area (Å²) in [4.78, 5) is 11.5. The van der Waals surface area contributed by atoms with Gasteiger partial charge in [-0.3, -0.25) is 15.5 Å². The fourth-order valence-corrected chi connectivity index (χ4v) is 3.55. The first-order valence-corrected chi connectivity index (χ1v) is 10.1. The molecule has 3 aromatic rings. The highest BCUT2D eigenvalue weighted by Gasteiger charge is 2.17. The van der Waals surface area contributed by atoms with Gasteiger partial charge in [0.25, 0.3) is 5.69 Å². The highest BCUT2D eigenvalue weighted by Crippen LogP contribution is 2.33. The summed E-state index contributed by atoms with van der Waals surface area (Å²) in [6, 6.07) is 10.2. The summed E-state index contributed by atoms with van der Waals surface area (Å²) in [5, 5.41) is 27.7. The van der Waals surface area contributed by atoms with E-state index in [-0.39, 0.29) is 10.8 Å². The SMILES string of the molecule is Cc1c(Cl)cccc1NC(=S)N/N=C/c1ccc(Sc2nncn2C)c([N+](=O)[O-])c1. The third-order valence-electron chi connectivity index (χ3n) is 3.95. The number of rotatable bonds is 6. The second-order valence-electron chi connectivity index (χ2n) is 6.05. The number of aryl methyl sites for hydroxylation is 1. The molecule has 0 unspecified atom stereocenters. The van der Waals surface area contributed by atoms with Gasteiger partial charge < -0.3 is 9.88 Å². The second kappa shape index (κ2) is 9.65. The molecule has 0 fully saturated rings. The van der Waals surface area contributed by atoms with Crippen LogP contribution in [0.3, 0.4) is 0 Å². The van der Waals surface area contributed by atoms with Gasteiger partial charge in [-0.1, -0.05) is 23.7 Å². The van der Waals surface area contributed by atoms with E-state index in [0.29, 0.717) is 20.6 Å². The van der Waals surface area contributed by atoms with E-state index in [1.54, 1.807) is 29.8 Å². The number of hydrogen-bond acceptors (Lipinski definition) is 7. The van der Waals surface area contributed by atoms with E-state index in [0.717, 1.165) is 23.0 Å². The third-order valence-corrected chi connectivity index (χ3v) is 5.67. The molecule has 0 atom stereocenters. The molecule has 3 rings (SSSR count). The monoisotopic (exact) mass is 461 g/mol. The Balaban J connectivity index is 1.68. The standard InChI is InChI=1S/C18H16ClN7O2S2/c1-11-13(19)4-3-5-14(11)22-17(29)23-20-9-12-6-7-16(15(8-12)26(27)28)30-18-24-21-10-25(18)2/h3-10H,1-2H3,(H2,22,23,29)/b20-9+. The largest absolute Gasteiger partial charge is 0.331 e. The first kappa shape index (κ1) is 21.7. The number of nitro groups is 1.